The van der Waals surface area contributed by atoms with Gasteiger partial charge in [0, 0.05) is 15.8 Å². The predicted molar refractivity (Wildman–Crippen MR) is 88.7 cm³/mol. The third kappa shape index (κ3) is 3.77. The van der Waals surface area contributed by atoms with Gasteiger partial charge >= 0.3 is 0 Å². The summed E-state index contributed by atoms with van der Waals surface area (Å²) in [6.07, 6.45) is 1.09. The second-order valence-corrected chi connectivity index (χ2v) is 5.96. The number of aryl methyl sites for hydroxylation is 1. The number of hydrogen-bond donors (Lipinski definition) is 1. The zero-order chi connectivity index (χ0) is 15.2. The van der Waals surface area contributed by atoms with Crippen LogP contribution in [0.15, 0.2) is 29.6 Å². The number of methoxy groups -OCH3 is 2. The molecule has 0 spiro atoms. The van der Waals surface area contributed by atoms with E-state index in [9.17, 15) is 0 Å². The Hall–Kier alpha value is -1.52. The molecular formula is C17H23NO2S. The van der Waals surface area contributed by atoms with Crippen LogP contribution in [0.4, 0.5) is 0 Å². The van der Waals surface area contributed by atoms with Gasteiger partial charge < -0.3 is 14.8 Å². The van der Waals surface area contributed by atoms with E-state index in [4.69, 9.17) is 9.47 Å². The van der Waals surface area contributed by atoms with E-state index in [0.29, 0.717) is 0 Å². The Morgan fingerprint density at radius 2 is 2.00 bits per heavy atom. The van der Waals surface area contributed by atoms with Gasteiger partial charge in [0.05, 0.1) is 20.3 Å². The van der Waals surface area contributed by atoms with Crippen LogP contribution in [0.25, 0.3) is 0 Å². The van der Waals surface area contributed by atoms with Crippen molar-refractivity contribution >= 4 is 11.3 Å². The normalized spacial score (nSPS) is 12.2. The highest BCUT2D eigenvalue weighted by Gasteiger charge is 2.20. The smallest absolute Gasteiger partial charge is 0.129 e. The number of hydrogen-bond acceptors (Lipinski definition) is 4. The Kier molecular flexibility index (Phi) is 5.65. The van der Waals surface area contributed by atoms with Gasteiger partial charge in [-0.15, -0.1) is 11.3 Å². The van der Waals surface area contributed by atoms with Crippen molar-refractivity contribution in [1.82, 2.24) is 5.32 Å². The van der Waals surface area contributed by atoms with E-state index in [1.54, 1.807) is 25.6 Å². The summed E-state index contributed by atoms with van der Waals surface area (Å²) in [6, 6.07) is 8.54. The molecule has 0 aliphatic rings. The highest BCUT2D eigenvalue weighted by molar-refractivity contribution is 7.10. The highest BCUT2D eigenvalue weighted by Crippen LogP contribution is 2.35. The maximum absolute atomic E-state index is 5.55. The molecule has 0 aliphatic carbocycles. The van der Waals surface area contributed by atoms with Crippen molar-refractivity contribution in [3.05, 3.63) is 45.6 Å². The quantitative estimate of drug-likeness (QED) is 0.833. The monoisotopic (exact) mass is 305 g/mol. The van der Waals surface area contributed by atoms with E-state index in [1.807, 2.05) is 11.4 Å². The highest BCUT2D eigenvalue weighted by atomic mass is 32.1. The van der Waals surface area contributed by atoms with Crippen LogP contribution >= 0.6 is 11.3 Å². The van der Waals surface area contributed by atoms with Gasteiger partial charge in [0.25, 0.3) is 0 Å². The van der Waals surface area contributed by atoms with Crippen LogP contribution in [-0.2, 0) is 0 Å². The average Bonchev–Trinajstić information content (AvgIpc) is 2.97. The molecule has 0 saturated carbocycles. The zero-order valence-electron chi connectivity index (χ0n) is 13.1. The molecule has 4 heteroatoms. The Morgan fingerprint density at radius 3 is 2.62 bits per heavy atom. The minimum Gasteiger partial charge on any atom is -0.496 e. The summed E-state index contributed by atoms with van der Waals surface area (Å²) in [5.74, 6) is 1.83. The van der Waals surface area contributed by atoms with Crippen LogP contribution in [-0.4, -0.2) is 20.8 Å². The zero-order valence-corrected chi connectivity index (χ0v) is 13.9. The molecule has 114 valence electrons. The molecule has 1 heterocycles. The van der Waals surface area contributed by atoms with Crippen molar-refractivity contribution in [2.75, 3.05) is 20.8 Å². The number of ether oxygens (including phenoxy) is 2. The fourth-order valence-corrected chi connectivity index (χ4v) is 3.27. The molecule has 21 heavy (non-hydrogen) atoms. The first-order chi connectivity index (χ1) is 10.2. The molecule has 3 nitrogen and oxygen atoms in total. The van der Waals surface area contributed by atoms with Crippen LogP contribution in [0, 0.1) is 6.92 Å². The van der Waals surface area contributed by atoms with Crippen molar-refractivity contribution in [1.29, 1.82) is 0 Å². The fourth-order valence-electron chi connectivity index (χ4n) is 2.32. The Bertz CT molecular complexity index is 580. The Labute approximate surface area is 130 Å². The fraction of sp³-hybridized carbons (Fsp3) is 0.412. The first kappa shape index (κ1) is 15.9. The van der Waals surface area contributed by atoms with Gasteiger partial charge in [-0.25, -0.2) is 0 Å². The molecule has 1 atom stereocenters. The molecule has 1 aromatic carbocycles. The minimum atomic E-state index is 0.133. The lowest BCUT2D eigenvalue weighted by Crippen LogP contribution is -2.23. The summed E-state index contributed by atoms with van der Waals surface area (Å²) in [6.45, 7) is 5.24. The van der Waals surface area contributed by atoms with Crippen molar-refractivity contribution in [3.8, 4) is 11.5 Å². The first-order valence-corrected chi connectivity index (χ1v) is 8.07. The third-order valence-electron chi connectivity index (χ3n) is 3.41. The van der Waals surface area contributed by atoms with Crippen LogP contribution in [0.2, 0.25) is 0 Å². The first-order valence-electron chi connectivity index (χ1n) is 7.20. The molecule has 2 rings (SSSR count). The molecule has 0 fully saturated rings. The molecule has 1 unspecified atom stereocenters. The molecule has 0 bridgehead atoms. The van der Waals surface area contributed by atoms with E-state index in [1.165, 1.54) is 16.0 Å². The van der Waals surface area contributed by atoms with Gasteiger partial charge in [-0.05, 0) is 32.0 Å². The van der Waals surface area contributed by atoms with Gasteiger partial charge in [0.2, 0.25) is 0 Å². The number of nitrogens with one attached hydrogen (secondary N) is 1. The lowest BCUT2D eigenvalue weighted by Gasteiger charge is -2.20. The van der Waals surface area contributed by atoms with Crippen molar-refractivity contribution in [3.63, 3.8) is 0 Å². The topological polar surface area (TPSA) is 30.5 Å². The SMILES string of the molecule is CCCNC(c1cc(OC)cs1)c1cc(C)ccc1OC. The van der Waals surface area contributed by atoms with E-state index in [2.05, 4.69) is 37.4 Å². The van der Waals surface area contributed by atoms with E-state index in [0.717, 1.165) is 24.5 Å². The maximum atomic E-state index is 5.55. The van der Waals surface area contributed by atoms with Gasteiger partial charge in [0.1, 0.15) is 11.5 Å². The van der Waals surface area contributed by atoms with Crippen molar-refractivity contribution in [2.24, 2.45) is 0 Å². The largest absolute Gasteiger partial charge is 0.496 e. The number of benzene rings is 1. The van der Waals surface area contributed by atoms with Gasteiger partial charge in [-0.1, -0.05) is 24.6 Å². The van der Waals surface area contributed by atoms with Gasteiger partial charge in [-0.3, -0.25) is 0 Å². The molecular weight excluding hydrogens is 282 g/mol. The standard InChI is InChI=1S/C17H23NO2S/c1-5-8-18-17(16-10-13(19-3)11-21-16)14-9-12(2)6-7-15(14)20-4/h6-7,9-11,17-18H,5,8H2,1-4H3. The Balaban J connectivity index is 2.41. The molecule has 0 radical (unpaired) electrons. The second kappa shape index (κ2) is 7.48. The molecule has 1 N–H and O–H groups in total. The van der Waals surface area contributed by atoms with Gasteiger partial charge in [0.15, 0.2) is 0 Å². The van der Waals surface area contributed by atoms with E-state index < -0.39 is 0 Å². The Morgan fingerprint density at radius 1 is 1.19 bits per heavy atom. The average molecular weight is 305 g/mol. The molecule has 0 saturated heterocycles. The minimum absolute atomic E-state index is 0.133. The van der Waals surface area contributed by atoms with Crippen LogP contribution < -0.4 is 14.8 Å². The molecule has 0 aliphatic heterocycles. The van der Waals surface area contributed by atoms with Crippen molar-refractivity contribution < 1.29 is 9.47 Å². The van der Waals surface area contributed by atoms with Crippen molar-refractivity contribution in [2.45, 2.75) is 26.3 Å². The predicted octanol–water partition coefficient (Wildman–Crippen LogP) is 4.16. The summed E-state index contributed by atoms with van der Waals surface area (Å²) in [4.78, 5) is 1.24. The molecule has 0 amide bonds. The molecule has 1 aromatic heterocycles. The maximum Gasteiger partial charge on any atom is 0.129 e. The summed E-state index contributed by atoms with van der Waals surface area (Å²) < 4.78 is 10.9. The number of rotatable bonds is 7. The second-order valence-electron chi connectivity index (χ2n) is 5.02. The van der Waals surface area contributed by atoms with E-state index in [-0.39, 0.29) is 6.04 Å². The van der Waals surface area contributed by atoms with E-state index >= 15 is 0 Å². The van der Waals surface area contributed by atoms with Crippen LogP contribution in [0.1, 0.15) is 35.4 Å². The van der Waals surface area contributed by atoms with Crippen LogP contribution in [0.5, 0.6) is 11.5 Å². The third-order valence-corrected chi connectivity index (χ3v) is 4.39. The summed E-state index contributed by atoms with van der Waals surface area (Å²) in [5.41, 5.74) is 2.41. The lowest BCUT2D eigenvalue weighted by molar-refractivity contribution is 0.403. The number of thiophene rings is 1. The molecule has 2 aromatic rings. The summed E-state index contributed by atoms with van der Waals surface area (Å²) >= 11 is 1.71. The van der Waals surface area contributed by atoms with Gasteiger partial charge in [-0.2, -0.15) is 0 Å². The van der Waals surface area contributed by atoms with Crippen LogP contribution in [0.3, 0.4) is 0 Å². The lowest BCUT2D eigenvalue weighted by atomic mass is 10.0. The summed E-state index contributed by atoms with van der Waals surface area (Å²) in [5, 5.41) is 5.66. The summed E-state index contributed by atoms with van der Waals surface area (Å²) in [7, 11) is 3.42.